The number of rotatable bonds is 3. The van der Waals surface area contributed by atoms with E-state index in [0.717, 1.165) is 10.8 Å². The molecule has 0 fully saturated rings. The molecule has 3 aromatic rings. The van der Waals surface area contributed by atoms with E-state index in [2.05, 4.69) is 30.9 Å². The number of carbonyl (C=O) groups is 1. The quantitative estimate of drug-likeness (QED) is 0.654. The Hall–Kier alpha value is -3.03. The molecule has 8 heteroatoms. The van der Waals surface area contributed by atoms with Crippen LogP contribution in [0, 0.1) is 0 Å². The second-order valence-corrected chi connectivity index (χ2v) is 4.57. The molecule has 0 saturated heterocycles. The van der Waals surface area contributed by atoms with E-state index < -0.39 is 0 Å². The fourth-order valence-corrected chi connectivity index (χ4v) is 2.09. The minimum atomic E-state index is -0.368. The van der Waals surface area contributed by atoms with Gasteiger partial charge in [0.15, 0.2) is 5.82 Å². The summed E-state index contributed by atoms with van der Waals surface area (Å²) in [5, 5.41) is 17.8. The molecule has 0 aliphatic carbocycles. The van der Waals surface area contributed by atoms with E-state index in [0.29, 0.717) is 17.2 Å². The van der Waals surface area contributed by atoms with E-state index in [1.165, 1.54) is 6.20 Å². The topological polar surface area (TPSA) is 122 Å². The third-order valence-electron chi connectivity index (χ3n) is 3.17. The van der Waals surface area contributed by atoms with E-state index in [1.807, 2.05) is 24.3 Å². The second kappa shape index (κ2) is 5.16. The first kappa shape index (κ1) is 13.0. The number of H-pyrrole nitrogens is 1. The van der Waals surface area contributed by atoms with Gasteiger partial charge in [-0.25, -0.2) is 4.98 Å². The number of pyridine rings is 1. The van der Waals surface area contributed by atoms with Gasteiger partial charge in [-0.1, -0.05) is 29.5 Å². The van der Waals surface area contributed by atoms with Crippen LogP contribution >= 0.6 is 0 Å². The van der Waals surface area contributed by atoms with Gasteiger partial charge in [0.1, 0.15) is 5.82 Å². The van der Waals surface area contributed by atoms with Gasteiger partial charge in [-0.05, 0) is 12.3 Å². The van der Waals surface area contributed by atoms with Gasteiger partial charge in [-0.15, -0.1) is 10.2 Å². The molecule has 0 bridgehead atoms. The first-order valence-electron chi connectivity index (χ1n) is 6.34. The van der Waals surface area contributed by atoms with Crippen LogP contribution in [0.4, 0.5) is 5.82 Å². The molecule has 4 N–H and O–H groups in total. The molecule has 106 valence electrons. The molecular weight excluding hydrogens is 270 g/mol. The molecule has 0 spiro atoms. The predicted octanol–water partition coefficient (Wildman–Crippen LogP) is 0.821. The number of hydrogen-bond acceptors (Lipinski definition) is 6. The molecule has 3 rings (SSSR count). The molecule has 2 heterocycles. The predicted molar refractivity (Wildman–Crippen MR) is 76.2 cm³/mol. The van der Waals surface area contributed by atoms with Crippen molar-refractivity contribution in [2.75, 3.05) is 5.73 Å². The van der Waals surface area contributed by atoms with Gasteiger partial charge in [0.25, 0.3) is 5.91 Å². The molecule has 2 aromatic heterocycles. The number of nitrogens with two attached hydrogens (primary N) is 1. The molecule has 0 aliphatic heterocycles. The van der Waals surface area contributed by atoms with Crippen LogP contribution in [0.25, 0.3) is 10.8 Å². The molecule has 0 radical (unpaired) electrons. The maximum absolute atomic E-state index is 12.4. The van der Waals surface area contributed by atoms with E-state index in [4.69, 9.17) is 5.73 Å². The van der Waals surface area contributed by atoms with Crippen molar-refractivity contribution in [3.8, 4) is 0 Å². The smallest absolute Gasteiger partial charge is 0.254 e. The van der Waals surface area contributed by atoms with Crippen LogP contribution in [0.5, 0.6) is 0 Å². The van der Waals surface area contributed by atoms with Crippen molar-refractivity contribution >= 4 is 22.5 Å². The van der Waals surface area contributed by atoms with Crippen LogP contribution in [-0.2, 0) is 0 Å². The monoisotopic (exact) mass is 283 g/mol. The SMILES string of the molecule is CC(NC(=O)c1cnc(N)c2ccccc12)c1nn[nH]n1. The van der Waals surface area contributed by atoms with Crippen molar-refractivity contribution in [1.29, 1.82) is 0 Å². The lowest BCUT2D eigenvalue weighted by Crippen LogP contribution is -2.27. The van der Waals surface area contributed by atoms with Gasteiger partial charge in [0, 0.05) is 11.6 Å². The first-order valence-corrected chi connectivity index (χ1v) is 6.34. The average molecular weight is 283 g/mol. The third kappa shape index (κ3) is 2.38. The van der Waals surface area contributed by atoms with Crippen LogP contribution in [0.15, 0.2) is 30.5 Å². The molecule has 1 atom stereocenters. The average Bonchev–Trinajstić information content (AvgIpc) is 3.02. The Morgan fingerprint density at radius 3 is 2.81 bits per heavy atom. The van der Waals surface area contributed by atoms with Crippen LogP contribution in [0.1, 0.15) is 29.1 Å². The highest BCUT2D eigenvalue weighted by Crippen LogP contribution is 2.22. The normalized spacial score (nSPS) is 12.2. The summed E-state index contributed by atoms with van der Waals surface area (Å²) in [4.78, 5) is 16.5. The summed E-state index contributed by atoms with van der Waals surface area (Å²) in [7, 11) is 0. The number of anilines is 1. The molecule has 21 heavy (non-hydrogen) atoms. The van der Waals surface area contributed by atoms with Gasteiger partial charge >= 0.3 is 0 Å². The van der Waals surface area contributed by atoms with E-state index in [-0.39, 0.29) is 11.9 Å². The Kier molecular flexibility index (Phi) is 3.19. The fraction of sp³-hybridized carbons (Fsp3) is 0.154. The van der Waals surface area contributed by atoms with Crippen LogP contribution < -0.4 is 11.1 Å². The number of nitrogens with zero attached hydrogens (tertiary/aromatic N) is 4. The van der Waals surface area contributed by atoms with Crippen molar-refractivity contribution < 1.29 is 4.79 Å². The number of aromatic amines is 1. The third-order valence-corrected chi connectivity index (χ3v) is 3.17. The number of fused-ring (bicyclic) bond motifs is 1. The minimum absolute atomic E-state index is 0.268. The standard InChI is InChI=1S/C13H13N7O/c1-7(12-17-19-20-18-12)16-13(21)10-6-15-11(14)9-5-3-2-4-8(9)10/h2-7H,1H3,(H2,14,15)(H,16,21)(H,17,18,19,20). The maximum atomic E-state index is 12.4. The van der Waals surface area contributed by atoms with Crippen LogP contribution in [0.2, 0.25) is 0 Å². The molecule has 1 aromatic carbocycles. The highest BCUT2D eigenvalue weighted by Gasteiger charge is 2.17. The van der Waals surface area contributed by atoms with Crippen molar-refractivity contribution in [1.82, 2.24) is 30.9 Å². The Morgan fingerprint density at radius 2 is 2.10 bits per heavy atom. The van der Waals surface area contributed by atoms with Crippen molar-refractivity contribution in [3.05, 3.63) is 41.9 Å². The zero-order valence-corrected chi connectivity index (χ0v) is 11.2. The highest BCUT2D eigenvalue weighted by atomic mass is 16.1. The number of nitrogen functional groups attached to an aromatic ring is 1. The van der Waals surface area contributed by atoms with Gasteiger partial charge in [0.2, 0.25) is 0 Å². The summed E-state index contributed by atoms with van der Waals surface area (Å²) in [6, 6.07) is 7.00. The largest absolute Gasteiger partial charge is 0.383 e. The lowest BCUT2D eigenvalue weighted by molar-refractivity contribution is 0.0939. The molecule has 0 saturated carbocycles. The zero-order chi connectivity index (χ0) is 14.8. The number of amides is 1. The number of carbonyl (C=O) groups excluding carboxylic acids is 1. The lowest BCUT2D eigenvalue weighted by atomic mass is 10.1. The van der Waals surface area contributed by atoms with Crippen LogP contribution in [-0.4, -0.2) is 31.5 Å². The van der Waals surface area contributed by atoms with Gasteiger partial charge in [-0.2, -0.15) is 5.21 Å². The summed E-state index contributed by atoms with van der Waals surface area (Å²) in [6.07, 6.45) is 1.47. The Labute approximate surface area is 119 Å². The van der Waals surface area contributed by atoms with E-state index >= 15 is 0 Å². The summed E-state index contributed by atoms with van der Waals surface area (Å²) < 4.78 is 0. The number of nitrogens with one attached hydrogen (secondary N) is 2. The van der Waals surface area contributed by atoms with Gasteiger partial charge in [-0.3, -0.25) is 4.79 Å². The first-order chi connectivity index (χ1) is 10.2. The van der Waals surface area contributed by atoms with Crippen molar-refractivity contribution in [2.45, 2.75) is 13.0 Å². The summed E-state index contributed by atoms with van der Waals surface area (Å²) in [5.74, 6) is 0.542. The summed E-state index contributed by atoms with van der Waals surface area (Å²) in [6.45, 7) is 1.77. The second-order valence-electron chi connectivity index (χ2n) is 4.57. The molecule has 0 aliphatic rings. The van der Waals surface area contributed by atoms with Gasteiger partial charge < -0.3 is 11.1 Å². The Bertz CT molecular complexity index is 784. The molecule has 8 nitrogen and oxygen atoms in total. The number of aromatic nitrogens is 5. The number of tetrazole rings is 1. The molecule has 1 unspecified atom stereocenters. The van der Waals surface area contributed by atoms with Gasteiger partial charge in [0.05, 0.1) is 11.6 Å². The Balaban J connectivity index is 1.93. The fourth-order valence-electron chi connectivity index (χ4n) is 2.09. The van der Waals surface area contributed by atoms with Crippen LogP contribution in [0.3, 0.4) is 0 Å². The van der Waals surface area contributed by atoms with Crippen molar-refractivity contribution in [3.63, 3.8) is 0 Å². The molecular formula is C13H13N7O. The van der Waals surface area contributed by atoms with Crippen molar-refractivity contribution in [2.24, 2.45) is 0 Å². The summed E-state index contributed by atoms with van der Waals surface area (Å²) in [5.41, 5.74) is 6.28. The zero-order valence-electron chi connectivity index (χ0n) is 11.2. The summed E-state index contributed by atoms with van der Waals surface area (Å²) >= 11 is 0. The lowest BCUT2D eigenvalue weighted by Gasteiger charge is -2.12. The Morgan fingerprint density at radius 1 is 1.33 bits per heavy atom. The maximum Gasteiger partial charge on any atom is 0.254 e. The highest BCUT2D eigenvalue weighted by molar-refractivity contribution is 6.09. The van der Waals surface area contributed by atoms with E-state index in [1.54, 1.807) is 6.92 Å². The number of hydrogen-bond donors (Lipinski definition) is 3. The van der Waals surface area contributed by atoms with E-state index in [9.17, 15) is 4.79 Å². The minimum Gasteiger partial charge on any atom is -0.383 e. The molecule has 1 amide bonds. The number of benzene rings is 1.